The molecule has 0 aromatic heterocycles. The number of esters is 1. The highest BCUT2D eigenvalue weighted by Gasteiger charge is 2.17. The Labute approximate surface area is 187 Å². The van der Waals surface area contributed by atoms with Crippen LogP contribution >= 0.6 is 0 Å². The Kier molecular flexibility index (Phi) is 8.75. The van der Waals surface area contributed by atoms with Gasteiger partial charge in [0, 0.05) is 19.6 Å². The second-order valence-corrected chi connectivity index (χ2v) is 8.17. The highest BCUT2D eigenvalue weighted by Crippen LogP contribution is 2.10. The minimum absolute atomic E-state index is 0.226. The third-order valence-electron chi connectivity index (χ3n) is 4.35. The largest absolute Gasteiger partial charge is 0.452 e. The van der Waals surface area contributed by atoms with Gasteiger partial charge in [-0.3, -0.25) is 4.79 Å². The van der Waals surface area contributed by atoms with E-state index in [9.17, 15) is 18.8 Å². The van der Waals surface area contributed by atoms with E-state index in [2.05, 4.69) is 5.32 Å². The average molecular weight is 445 g/mol. The van der Waals surface area contributed by atoms with E-state index in [4.69, 9.17) is 9.47 Å². The predicted molar refractivity (Wildman–Crippen MR) is 117 cm³/mol. The van der Waals surface area contributed by atoms with Crippen molar-refractivity contribution in [1.29, 1.82) is 0 Å². The van der Waals surface area contributed by atoms with Crippen LogP contribution in [-0.2, 0) is 27.4 Å². The predicted octanol–water partition coefficient (Wildman–Crippen LogP) is 4.06. The molecule has 172 valence electrons. The van der Waals surface area contributed by atoms with Gasteiger partial charge in [0.05, 0.1) is 5.56 Å². The van der Waals surface area contributed by atoms with E-state index in [-0.39, 0.29) is 30.4 Å². The zero-order valence-electron chi connectivity index (χ0n) is 18.8. The second-order valence-electron chi connectivity index (χ2n) is 8.17. The first kappa shape index (κ1) is 24.8. The fourth-order valence-corrected chi connectivity index (χ4v) is 2.78. The van der Waals surface area contributed by atoms with E-state index >= 15 is 0 Å². The van der Waals surface area contributed by atoms with Crippen molar-refractivity contribution < 1.29 is 28.2 Å². The average Bonchev–Trinajstić information content (AvgIpc) is 2.73. The summed E-state index contributed by atoms with van der Waals surface area (Å²) < 4.78 is 23.6. The van der Waals surface area contributed by atoms with E-state index in [0.717, 1.165) is 5.56 Å². The number of carbonyl (C=O) groups excluding carboxylic acids is 3. The SMILES string of the molecule is CCN(Cc1cccc(F)c1)C(=O)COC(=O)c1ccc(CNC(=O)OC(C)(C)C)cc1. The lowest BCUT2D eigenvalue weighted by Gasteiger charge is -2.21. The molecule has 0 aliphatic heterocycles. The maximum atomic E-state index is 13.3. The van der Waals surface area contributed by atoms with Gasteiger partial charge >= 0.3 is 12.1 Å². The molecule has 7 nitrogen and oxygen atoms in total. The van der Waals surface area contributed by atoms with Gasteiger partial charge in [-0.05, 0) is 63.1 Å². The maximum Gasteiger partial charge on any atom is 0.407 e. The monoisotopic (exact) mass is 444 g/mol. The highest BCUT2D eigenvalue weighted by atomic mass is 19.1. The summed E-state index contributed by atoms with van der Waals surface area (Å²) in [5.74, 6) is -1.38. The van der Waals surface area contributed by atoms with Crippen LogP contribution in [0.1, 0.15) is 49.2 Å². The molecule has 2 rings (SSSR count). The molecule has 0 aliphatic carbocycles. The molecule has 0 spiro atoms. The van der Waals surface area contributed by atoms with E-state index < -0.39 is 24.3 Å². The Hall–Kier alpha value is -3.42. The molecule has 2 aromatic rings. The molecule has 8 heteroatoms. The molecule has 2 amide bonds. The summed E-state index contributed by atoms with van der Waals surface area (Å²) in [4.78, 5) is 37.9. The van der Waals surface area contributed by atoms with Crippen LogP contribution in [0.3, 0.4) is 0 Å². The lowest BCUT2D eigenvalue weighted by atomic mass is 10.1. The number of hydrogen-bond acceptors (Lipinski definition) is 5. The topological polar surface area (TPSA) is 84.9 Å². The molecule has 0 bridgehead atoms. The molecular formula is C24H29FN2O5. The van der Waals surface area contributed by atoms with Crippen LogP contribution in [0.25, 0.3) is 0 Å². The van der Waals surface area contributed by atoms with Crippen molar-refractivity contribution in [3.8, 4) is 0 Å². The third-order valence-corrected chi connectivity index (χ3v) is 4.35. The lowest BCUT2D eigenvalue weighted by molar-refractivity contribution is -0.134. The number of carbonyl (C=O) groups is 3. The first-order valence-electron chi connectivity index (χ1n) is 10.3. The summed E-state index contributed by atoms with van der Waals surface area (Å²) in [6, 6.07) is 12.5. The van der Waals surface area contributed by atoms with Crippen molar-refractivity contribution in [3.05, 3.63) is 71.0 Å². The molecule has 2 aromatic carbocycles. The molecule has 32 heavy (non-hydrogen) atoms. The second kappa shape index (κ2) is 11.3. The number of benzene rings is 2. The molecule has 0 saturated heterocycles. The number of ether oxygens (including phenoxy) is 2. The third kappa shape index (κ3) is 8.37. The molecule has 0 saturated carbocycles. The number of nitrogens with one attached hydrogen (secondary N) is 1. The Morgan fingerprint density at radius 3 is 2.31 bits per heavy atom. The Balaban J connectivity index is 1.84. The van der Waals surface area contributed by atoms with Crippen molar-refractivity contribution in [1.82, 2.24) is 10.2 Å². The Morgan fingerprint density at radius 2 is 1.72 bits per heavy atom. The van der Waals surface area contributed by atoms with Crippen molar-refractivity contribution in [3.63, 3.8) is 0 Å². The first-order valence-corrected chi connectivity index (χ1v) is 10.3. The van der Waals surface area contributed by atoms with Gasteiger partial charge in [-0.2, -0.15) is 0 Å². The molecule has 0 unspecified atom stereocenters. The minimum Gasteiger partial charge on any atom is -0.452 e. The van der Waals surface area contributed by atoms with Crippen LogP contribution in [0.2, 0.25) is 0 Å². The van der Waals surface area contributed by atoms with Gasteiger partial charge in [0.15, 0.2) is 6.61 Å². The van der Waals surface area contributed by atoms with Gasteiger partial charge < -0.3 is 19.7 Å². The molecular weight excluding hydrogens is 415 g/mol. The zero-order valence-corrected chi connectivity index (χ0v) is 18.8. The number of rotatable bonds is 8. The maximum absolute atomic E-state index is 13.3. The molecule has 0 fully saturated rings. The lowest BCUT2D eigenvalue weighted by Crippen LogP contribution is -2.34. The fourth-order valence-electron chi connectivity index (χ4n) is 2.78. The van der Waals surface area contributed by atoms with Crippen LogP contribution in [-0.4, -0.2) is 41.6 Å². The van der Waals surface area contributed by atoms with Gasteiger partial charge in [-0.15, -0.1) is 0 Å². The van der Waals surface area contributed by atoms with Gasteiger partial charge in [0.25, 0.3) is 5.91 Å². The molecule has 0 radical (unpaired) electrons. The normalized spacial score (nSPS) is 10.9. The van der Waals surface area contributed by atoms with Gasteiger partial charge in [-0.25, -0.2) is 14.0 Å². The Bertz CT molecular complexity index is 938. The summed E-state index contributed by atoms with van der Waals surface area (Å²) in [5, 5.41) is 2.64. The van der Waals surface area contributed by atoms with Gasteiger partial charge in [0.2, 0.25) is 0 Å². The van der Waals surface area contributed by atoms with Crippen LogP contribution < -0.4 is 5.32 Å². The summed E-state index contributed by atoms with van der Waals surface area (Å²) in [6.07, 6.45) is -0.529. The molecule has 0 atom stereocenters. The van der Waals surface area contributed by atoms with Crippen LogP contribution in [0.4, 0.5) is 9.18 Å². The standard InChI is InChI=1S/C24H29FN2O5/c1-5-27(15-18-7-6-8-20(25)13-18)21(28)16-31-22(29)19-11-9-17(10-12-19)14-26-23(30)32-24(2,3)4/h6-13H,5,14-16H2,1-4H3,(H,26,30). The van der Waals surface area contributed by atoms with E-state index in [0.29, 0.717) is 12.1 Å². The molecule has 0 aliphatic rings. The number of hydrogen-bond donors (Lipinski definition) is 1. The van der Waals surface area contributed by atoms with Crippen LogP contribution in [0.15, 0.2) is 48.5 Å². The summed E-state index contributed by atoms with van der Waals surface area (Å²) in [7, 11) is 0. The number of nitrogens with zero attached hydrogens (tertiary/aromatic N) is 1. The summed E-state index contributed by atoms with van der Waals surface area (Å²) in [6.45, 7) is 7.58. The summed E-state index contributed by atoms with van der Waals surface area (Å²) >= 11 is 0. The number of alkyl carbamates (subject to hydrolysis) is 1. The minimum atomic E-state index is -0.633. The zero-order chi connectivity index (χ0) is 23.7. The van der Waals surface area contributed by atoms with Crippen molar-refractivity contribution in [2.24, 2.45) is 0 Å². The van der Waals surface area contributed by atoms with Gasteiger partial charge in [0.1, 0.15) is 11.4 Å². The van der Waals surface area contributed by atoms with E-state index in [1.807, 2.05) is 0 Å². The highest BCUT2D eigenvalue weighted by molar-refractivity contribution is 5.91. The van der Waals surface area contributed by atoms with Crippen molar-refractivity contribution in [2.45, 2.75) is 46.4 Å². The Morgan fingerprint density at radius 1 is 1.03 bits per heavy atom. The van der Waals surface area contributed by atoms with Crippen LogP contribution in [0, 0.1) is 5.82 Å². The smallest absolute Gasteiger partial charge is 0.407 e. The van der Waals surface area contributed by atoms with Crippen molar-refractivity contribution >= 4 is 18.0 Å². The van der Waals surface area contributed by atoms with E-state index in [1.165, 1.54) is 17.0 Å². The number of halogens is 1. The number of likely N-dealkylation sites (N-methyl/N-ethyl adjacent to an activating group) is 1. The van der Waals surface area contributed by atoms with Gasteiger partial charge in [-0.1, -0.05) is 24.3 Å². The molecule has 1 N–H and O–H groups in total. The summed E-state index contributed by atoms with van der Waals surface area (Å²) in [5.41, 5.74) is 1.13. The first-order chi connectivity index (χ1) is 15.1. The number of amides is 2. The van der Waals surface area contributed by atoms with Crippen LogP contribution in [0.5, 0.6) is 0 Å². The molecule has 0 heterocycles. The van der Waals surface area contributed by atoms with Crippen molar-refractivity contribution in [2.75, 3.05) is 13.2 Å². The fraction of sp³-hybridized carbons (Fsp3) is 0.375. The quantitative estimate of drug-likeness (QED) is 0.621. The van der Waals surface area contributed by atoms with E-state index in [1.54, 1.807) is 64.1 Å².